The van der Waals surface area contributed by atoms with Crippen LogP contribution in [0.4, 0.5) is 5.82 Å². The number of nitrogens with two attached hydrogens (primary N) is 1. The van der Waals surface area contributed by atoms with Crippen LogP contribution in [0.5, 0.6) is 0 Å². The van der Waals surface area contributed by atoms with Crippen LogP contribution in [-0.2, 0) is 20.8 Å². The zero-order valence-corrected chi connectivity index (χ0v) is 26.0. The maximum absolute atomic E-state index is 13.8. The number of aryl methyl sites for hydroxylation is 1. The van der Waals surface area contributed by atoms with Gasteiger partial charge < -0.3 is 25.8 Å². The maximum Gasteiger partial charge on any atom is 0.250 e. The molecule has 1 unspecified atom stereocenters. The van der Waals surface area contributed by atoms with Gasteiger partial charge in [0.2, 0.25) is 17.7 Å². The van der Waals surface area contributed by atoms with E-state index in [2.05, 4.69) is 27.8 Å². The Balaban J connectivity index is 1.34. The van der Waals surface area contributed by atoms with Crippen LogP contribution in [0.25, 0.3) is 11.1 Å². The van der Waals surface area contributed by atoms with Crippen molar-refractivity contribution in [2.24, 2.45) is 5.73 Å². The first-order valence-corrected chi connectivity index (χ1v) is 15.6. The van der Waals surface area contributed by atoms with Gasteiger partial charge in [-0.05, 0) is 68.2 Å². The molecular formula is C36H42N6O3. The second-order valence-electron chi connectivity index (χ2n) is 12.2. The number of carbonyl (C=O) groups is 3. The minimum absolute atomic E-state index is 0.00790. The number of anilines is 1. The van der Waals surface area contributed by atoms with E-state index < -0.39 is 23.5 Å². The molecule has 1 saturated heterocycles. The van der Waals surface area contributed by atoms with Gasteiger partial charge in [-0.2, -0.15) is 0 Å². The number of aromatic nitrogens is 2. The summed E-state index contributed by atoms with van der Waals surface area (Å²) in [6.45, 7) is 4.65. The molecule has 3 aromatic carbocycles. The largest absolute Gasteiger partial charge is 0.343 e. The van der Waals surface area contributed by atoms with Crippen LogP contribution in [0.1, 0.15) is 56.7 Å². The second-order valence-corrected chi connectivity index (χ2v) is 12.2. The Hall–Kier alpha value is -4.76. The van der Waals surface area contributed by atoms with Crippen LogP contribution in [0, 0.1) is 0 Å². The minimum Gasteiger partial charge on any atom is -0.343 e. The third-order valence-corrected chi connectivity index (χ3v) is 8.14. The smallest absolute Gasteiger partial charge is 0.250 e. The highest BCUT2D eigenvalue weighted by atomic mass is 16.2. The van der Waals surface area contributed by atoms with Gasteiger partial charge in [-0.3, -0.25) is 14.4 Å². The summed E-state index contributed by atoms with van der Waals surface area (Å²) in [6.07, 6.45) is 7.09. The molecule has 1 aliphatic rings. The summed E-state index contributed by atoms with van der Waals surface area (Å²) in [5, 5.41) is 5.68. The van der Waals surface area contributed by atoms with E-state index >= 15 is 0 Å². The number of carbonyl (C=O) groups excluding carboxylic acids is 3. The van der Waals surface area contributed by atoms with E-state index in [0.717, 1.165) is 54.6 Å². The van der Waals surface area contributed by atoms with Crippen molar-refractivity contribution >= 4 is 23.5 Å². The van der Waals surface area contributed by atoms with E-state index in [1.54, 1.807) is 30.9 Å². The Morgan fingerprint density at radius 1 is 0.889 bits per heavy atom. The van der Waals surface area contributed by atoms with Gasteiger partial charge in [-0.15, -0.1) is 0 Å². The summed E-state index contributed by atoms with van der Waals surface area (Å²) in [5.74, 6) is -0.510. The molecule has 5 rings (SSSR count). The van der Waals surface area contributed by atoms with Gasteiger partial charge in [-0.1, -0.05) is 84.9 Å². The van der Waals surface area contributed by atoms with Crippen molar-refractivity contribution in [3.63, 3.8) is 0 Å². The molecule has 9 heteroatoms. The number of nitrogens with zero attached hydrogens (tertiary/aromatic N) is 3. The predicted octanol–water partition coefficient (Wildman–Crippen LogP) is 4.95. The number of hydrogen-bond acceptors (Lipinski definition) is 5. The van der Waals surface area contributed by atoms with Crippen molar-refractivity contribution < 1.29 is 14.4 Å². The third kappa shape index (κ3) is 8.25. The first-order valence-electron chi connectivity index (χ1n) is 15.6. The van der Waals surface area contributed by atoms with Gasteiger partial charge in [0.25, 0.3) is 0 Å². The molecule has 2 heterocycles. The first-order chi connectivity index (χ1) is 21.7. The lowest BCUT2D eigenvalue weighted by Crippen LogP contribution is -2.54. The topological polar surface area (TPSA) is 122 Å². The lowest BCUT2D eigenvalue weighted by Gasteiger charge is -2.25. The SMILES string of the molecule is CC(C)(N)C(=O)N[C@H](CCCc1ccccc1)C(=O)Nc1cn(C(C(=O)N2CCCC2)c2ccc(-c3ccccc3)cc2)cn1. The Morgan fingerprint density at radius 2 is 1.51 bits per heavy atom. The fraction of sp³-hybridized carbons (Fsp3) is 0.333. The molecule has 1 aromatic heterocycles. The monoisotopic (exact) mass is 606 g/mol. The van der Waals surface area contributed by atoms with Gasteiger partial charge in [0.15, 0.2) is 5.82 Å². The number of rotatable bonds is 12. The molecule has 4 N–H and O–H groups in total. The van der Waals surface area contributed by atoms with Gasteiger partial charge in [0.05, 0.1) is 11.9 Å². The molecule has 4 aromatic rings. The van der Waals surface area contributed by atoms with E-state index in [1.165, 1.54) is 0 Å². The fourth-order valence-electron chi connectivity index (χ4n) is 5.57. The van der Waals surface area contributed by atoms with Gasteiger partial charge in [-0.25, -0.2) is 4.98 Å². The average molecular weight is 607 g/mol. The van der Waals surface area contributed by atoms with Crippen LogP contribution < -0.4 is 16.4 Å². The average Bonchev–Trinajstić information content (AvgIpc) is 3.75. The molecule has 1 fully saturated rings. The number of benzene rings is 3. The van der Waals surface area contributed by atoms with Gasteiger partial charge >= 0.3 is 0 Å². The highest BCUT2D eigenvalue weighted by Crippen LogP contribution is 2.27. The lowest BCUT2D eigenvalue weighted by molar-refractivity contribution is -0.132. The number of amides is 3. The van der Waals surface area contributed by atoms with Crippen LogP contribution >= 0.6 is 0 Å². The number of imidazole rings is 1. The Labute approximate surface area is 264 Å². The molecule has 2 atom stereocenters. The van der Waals surface area contributed by atoms with Crippen LogP contribution in [0.2, 0.25) is 0 Å². The summed E-state index contributed by atoms with van der Waals surface area (Å²) < 4.78 is 1.75. The minimum atomic E-state index is -1.14. The first kappa shape index (κ1) is 31.7. The quantitative estimate of drug-likeness (QED) is 0.211. The summed E-state index contributed by atoms with van der Waals surface area (Å²) in [4.78, 5) is 46.4. The number of nitrogens with one attached hydrogen (secondary N) is 2. The molecule has 0 radical (unpaired) electrons. The van der Waals surface area contributed by atoms with E-state index in [4.69, 9.17) is 5.73 Å². The number of hydrogen-bond donors (Lipinski definition) is 3. The summed E-state index contributed by atoms with van der Waals surface area (Å²) >= 11 is 0. The molecule has 3 amide bonds. The summed E-state index contributed by atoms with van der Waals surface area (Å²) in [7, 11) is 0. The Kier molecular flexibility index (Phi) is 10.1. The molecule has 0 spiro atoms. The molecule has 0 aliphatic carbocycles. The van der Waals surface area contributed by atoms with Crippen molar-refractivity contribution in [3.8, 4) is 11.1 Å². The van der Waals surface area contributed by atoms with Crippen molar-refractivity contribution in [3.05, 3.63) is 109 Å². The van der Waals surface area contributed by atoms with Crippen molar-refractivity contribution in [1.82, 2.24) is 19.8 Å². The van der Waals surface area contributed by atoms with E-state index in [0.29, 0.717) is 18.7 Å². The molecule has 234 valence electrons. The summed E-state index contributed by atoms with van der Waals surface area (Å²) in [6, 6.07) is 26.7. The predicted molar refractivity (Wildman–Crippen MR) is 176 cm³/mol. The molecule has 1 aliphatic heterocycles. The van der Waals surface area contributed by atoms with Crippen molar-refractivity contribution in [2.45, 2.75) is 63.6 Å². The molecule has 9 nitrogen and oxygen atoms in total. The Bertz CT molecular complexity index is 1570. The fourth-order valence-corrected chi connectivity index (χ4v) is 5.57. The molecule has 0 saturated carbocycles. The van der Waals surface area contributed by atoms with Crippen LogP contribution in [-0.4, -0.2) is 56.8 Å². The third-order valence-electron chi connectivity index (χ3n) is 8.14. The lowest BCUT2D eigenvalue weighted by atomic mass is 10.00. The zero-order valence-electron chi connectivity index (χ0n) is 26.0. The molecule has 45 heavy (non-hydrogen) atoms. The number of likely N-dealkylation sites (tertiary alicyclic amines) is 1. The van der Waals surface area contributed by atoms with E-state index in [1.807, 2.05) is 77.7 Å². The molecule has 0 bridgehead atoms. The van der Waals surface area contributed by atoms with Gasteiger partial charge in [0.1, 0.15) is 12.1 Å². The second kappa shape index (κ2) is 14.3. The van der Waals surface area contributed by atoms with Crippen LogP contribution in [0.15, 0.2) is 97.5 Å². The Morgan fingerprint density at radius 3 is 2.16 bits per heavy atom. The van der Waals surface area contributed by atoms with Crippen molar-refractivity contribution in [2.75, 3.05) is 18.4 Å². The normalized spacial score (nSPS) is 14.5. The maximum atomic E-state index is 13.8. The van der Waals surface area contributed by atoms with E-state index in [9.17, 15) is 14.4 Å². The van der Waals surface area contributed by atoms with Crippen LogP contribution in [0.3, 0.4) is 0 Å². The standard InChI is InChI=1S/C36H42N6O3/c1-36(2,37)35(45)39-30(17-11-14-26-12-5-3-6-13-26)33(43)40-31-24-42(25-38-31)32(34(44)41-22-9-10-23-41)29-20-18-28(19-21-29)27-15-7-4-8-16-27/h3-8,12-13,15-16,18-21,24-25,30,32H,9-11,14,17,22-23,37H2,1-2H3,(H,39,45)(H,40,43)/t30-,32?/m1/s1. The summed E-state index contributed by atoms with van der Waals surface area (Å²) in [5.41, 5.74) is 9.03. The van der Waals surface area contributed by atoms with E-state index in [-0.39, 0.29) is 11.8 Å². The van der Waals surface area contributed by atoms with Gasteiger partial charge in [0, 0.05) is 19.3 Å². The molecular weight excluding hydrogens is 564 g/mol. The highest BCUT2D eigenvalue weighted by molar-refractivity contribution is 5.98. The van der Waals surface area contributed by atoms with Crippen molar-refractivity contribution in [1.29, 1.82) is 0 Å². The highest BCUT2D eigenvalue weighted by Gasteiger charge is 2.31. The zero-order chi connectivity index (χ0) is 31.8.